The van der Waals surface area contributed by atoms with E-state index in [1.807, 2.05) is 6.92 Å². The minimum absolute atomic E-state index is 0.165. The third kappa shape index (κ3) is 2.72. The summed E-state index contributed by atoms with van der Waals surface area (Å²) < 4.78 is 2.24. The monoisotopic (exact) mass is 337 g/mol. The number of rotatable bonds is 3. The molecule has 0 radical (unpaired) electrons. The molecule has 1 heterocycles. The lowest BCUT2D eigenvalue weighted by molar-refractivity contribution is 0.0696. The summed E-state index contributed by atoms with van der Waals surface area (Å²) in [4.78, 5) is 22.8. The zero-order valence-corrected chi connectivity index (χ0v) is 12.4. The van der Waals surface area contributed by atoms with Gasteiger partial charge in [-0.15, -0.1) is 0 Å². The Morgan fingerprint density at radius 3 is 2.35 bits per heavy atom. The van der Waals surface area contributed by atoms with Gasteiger partial charge in [0.1, 0.15) is 0 Å². The predicted molar refractivity (Wildman–Crippen MR) is 77.0 cm³/mol. The van der Waals surface area contributed by atoms with Crippen LogP contribution >= 0.6 is 15.9 Å². The van der Waals surface area contributed by atoms with Gasteiger partial charge in [0.2, 0.25) is 0 Å². The first-order chi connectivity index (χ1) is 9.40. The molecule has 1 aromatic heterocycles. The summed E-state index contributed by atoms with van der Waals surface area (Å²) in [5.41, 5.74) is 1.80. The Morgan fingerprint density at radius 2 is 1.90 bits per heavy atom. The number of carboxylic acid groups (broad SMARTS) is 1. The molecule has 0 spiro atoms. The molecule has 0 fully saturated rings. The van der Waals surface area contributed by atoms with E-state index in [0.29, 0.717) is 10.2 Å². The molecule has 104 valence electrons. The van der Waals surface area contributed by atoms with Crippen LogP contribution in [0.5, 0.6) is 0 Å². The Kier molecular flexibility index (Phi) is 3.89. The average molecular weight is 338 g/mol. The van der Waals surface area contributed by atoms with Gasteiger partial charge < -0.3 is 10.4 Å². The van der Waals surface area contributed by atoms with Crippen molar-refractivity contribution in [1.82, 2.24) is 9.78 Å². The van der Waals surface area contributed by atoms with Crippen LogP contribution in [0.15, 0.2) is 28.7 Å². The average Bonchev–Trinajstić information content (AvgIpc) is 2.67. The Balaban J connectivity index is 2.19. The molecule has 0 unspecified atom stereocenters. The van der Waals surface area contributed by atoms with Gasteiger partial charge in [-0.05, 0) is 47.1 Å². The molecule has 1 amide bonds. The molecular formula is C13H12BrN3O3. The molecule has 20 heavy (non-hydrogen) atoms. The molecule has 1 aromatic carbocycles. The molecule has 0 bridgehead atoms. The van der Waals surface area contributed by atoms with Crippen molar-refractivity contribution in [2.45, 2.75) is 6.92 Å². The van der Waals surface area contributed by atoms with Gasteiger partial charge >= 0.3 is 5.97 Å². The number of halogens is 1. The maximum absolute atomic E-state index is 12.1. The molecule has 0 saturated heterocycles. The fourth-order valence-electron chi connectivity index (χ4n) is 1.61. The van der Waals surface area contributed by atoms with E-state index in [-0.39, 0.29) is 17.2 Å². The van der Waals surface area contributed by atoms with E-state index in [0.717, 1.165) is 5.69 Å². The third-order valence-corrected chi connectivity index (χ3v) is 3.82. The molecule has 2 N–H and O–H groups in total. The number of carbonyl (C=O) groups is 2. The van der Waals surface area contributed by atoms with Crippen molar-refractivity contribution < 1.29 is 14.7 Å². The van der Waals surface area contributed by atoms with Crippen molar-refractivity contribution in [3.63, 3.8) is 0 Å². The van der Waals surface area contributed by atoms with Gasteiger partial charge in [-0.1, -0.05) is 0 Å². The lowest BCUT2D eigenvalue weighted by Crippen LogP contribution is -2.13. The van der Waals surface area contributed by atoms with Crippen LogP contribution in [0.2, 0.25) is 0 Å². The summed E-state index contributed by atoms with van der Waals surface area (Å²) in [6, 6.07) is 5.92. The number of carbonyl (C=O) groups excluding carboxylic acids is 1. The van der Waals surface area contributed by atoms with E-state index in [1.54, 1.807) is 11.7 Å². The second-order valence-corrected chi connectivity index (χ2v) is 5.00. The fourth-order valence-corrected chi connectivity index (χ4v) is 2.13. The topological polar surface area (TPSA) is 84.2 Å². The number of aromatic nitrogens is 2. The first-order valence-electron chi connectivity index (χ1n) is 5.74. The number of hydrogen-bond acceptors (Lipinski definition) is 3. The molecule has 2 aromatic rings. The summed E-state index contributed by atoms with van der Waals surface area (Å²) in [6.07, 6.45) is 0. The van der Waals surface area contributed by atoms with Crippen molar-refractivity contribution in [3.8, 4) is 0 Å². The zero-order valence-electron chi connectivity index (χ0n) is 10.8. The van der Waals surface area contributed by atoms with Crippen molar-refractivity contribution >= 4 is 33.5 Å². The van der Waals surface area contributed by atoms with Gasteiger partial charge in [0.15, 0.2) is 5.69 Å². The number of aryl methyl sites for hydroxylation is 1. The van der Waals surface area contributed by atoms with E-state index >= 15 is 0 Å². The lowest BCUT2D eigenvalue weighted by atomic mass is 10.2. The van der Waals surface area contributed by atoms with Crippen molar-refractivity contribution in [2.75, 3.05) is 5.32 Å². The van der Waals surface area contributed by atoms with E-state index in [1.165, 1.54) is 24.3 Å². The summed E-state index contributed by atoms with van der Waals surface area (Å²) in [5.74, 6) is -1.37. The Hall–Kier alpha value is -2.15. The third-order valence-electron chi connectivity index (χ3n) is 2.87. The van der Waals surface area contributed by atoms with Crippen LogP contribution in [0.25, 0.3) is 0 Å². The van der Waals surface area contributed by atoms with Gasteiger partial charge in [-0.3, -0.25) is 9.48 Å². The Labute approximate surface area is 123 Å². The highest BCUT2D eigenvalue weighted by atomic mass is 79.9. The smallest absolute Gasteiger partial charge is 0.335 e. The summed E-state index contributed by atoms with van der Waals surface area (Å²) >= 11 is 3.32. The van der Waals surface area contributed by atoms with Crippen LogP contribution in [0, 0.1) is 6.92 Å². The first kappa shape index (κ1) is 14.3. The molecule has 0 aliphatic carbocycles. The molecule has 0 aliphatic heterocycles. The second kappa shape index (κ2) is 5.46. The number of carboxylic acids is 1. The van der Waals surface area contributed by atoms with Gasteiger partial charge in [-0.25, -0.2) is 4.79 Å². The number of amides is 1. The van der Waals surface area contributed by atoms with Crippen LogP contribution in [0.3, 0.4) is 0 Å². The number of nitrogens with zero attached hydrogens (tertiary/aromatic N) is 2. The maximum atomic E-state index is 12.1. The molecule has 2 rings (SSSR count). The lowest BCUT2D eigenvalue weighted by Gasteiger charge is -2.04. The highest BCUT2D eigenvalue weighted by Crippen LogP contribution is 2.21. The first-order valence-corrected chi connectivity index (χ1v) is 6.53. The van der Waals surface area contributed by atoms with Crippen LogP contribution < -0.4 is 5.32 Å². The van der Waals surface area contributed by atoms with E-state index in [9.17, 15) is 9.59 Å². The second-order valence-electron chi connectivity index (χ2n) is 4.21. The summed E-state index contributed by atoms with van der Waals surface area (Å²) in [6.45, 7) is 1.84. The number of aromatic carboxylic acids is 1. The number of nitrogens with one attached hydrogen (secondary N) is 1. The Morgan fingerprint density at radius 1 is 1.30 bits per heavy atom. The minimum atomic E-state index is -1.01. The predicted octanol–water partition coefficient (Wildman–Crippen LogP) is 2.44. The number of anilines is 1. The quantitative estimate of drug-likeness (QED) is 0.900. The van der Waals surface area contributed by atoms with Gasteiger partial charge in [-0.2, -0.15) is 5.10 Å². The zero-order chi connectivity index (χ0) is 14.9. The molecular weight excluding hydrogens is 326 g/mol. The number of benzene rings is 1. The molecule has 7 heteroatoms. The highest BCUT2D eigenvalue weighted by molar-refractivity contribution is 9.10. The van der Waals surface area contributed by atoms with E-state index in [2.05, 4.69) is 26.3 Å². The van der Waals surface area contributed by atoms with Crippen molar-refractivity contribution in [3.05, 3.63) is 45.7 Å². The summed E-state index contributed by atoms with van der Waals surface area (Å²) in [5, 5.41) is 15.6. The molecule has 0 aliphatic rings. The number of hydrogen-bond donors (Lipinski definition) is 2. The standard InChI is InChI=1S/C13H12BrN3O3/c1-7-10(14)11(16-17(7)2)12(18)15-9-5-3-8(4-6-9)13(19)20/h3-6H,1-2H3,(H,15,18)(H,19,20). The van der Waals surface area contributed by atoms with Crippen LogP contribution in [0.1, 0.15) is 26.5 Å². The molecule has 6 nitrogen and oxygen atoms in total. The summed E-state index contributed by atoms with van der Waals surface area (Å²) in [7, 11) is 1.75. The fraction of sp³-hybridized carbons (Fsp3) is 0.154. The minimum Gasteiger partial charge on any atom is -0.478 e. The largest absolute Gasteiger partial charge is 0.478 e. The Bertz CT molecular complexity index is 677. The van der Waals surface area contributed by atoms with Crippen LogP contribution in [-0.2, 0) is 7.05 Å². The van der Waals surface area contributed by atoms with Crippen LogP contribution in [0.4, 0.5) is 5.69 Å². The van der Waals surface area contributed by atoms with Crippen LogP contribution in [-0.4, -0.2) is 26.8 Å². The van der Waals surface area contributed by atoms with Gasteiger partial charge in [0, 0.05) is 12.7 Å². The SMILES string of the molecule is Cc1c(Br)c(C(=O)Nc2ccc(C(=O)O)cc2)nn1C. The highest BCUT2D eigenvalue weighted by Gasteiger charge is 2.17. The van der Waals surface area contributed by atoms with Crippen molar-refractivity contribution in [2.24, 2.45) is 7.05 Å². The molecule has 0 saturated carbocycles. The van der Waals surface area contributed by atoms with E-state index in [4.69, 9.17) is 5.11 Å². The van der Waals surface area contributed by atoms with E-state index < -0.39 is 5.97 Å². The van der Waals surface area contributed by atoms with Crippen molar-refractivity contribution in [1.29, 1.82) is 0 Å². The maximum Gasteiger partial charge on any atom is 0.335 e. The van der Waals surface area contributed by atoms with Gasteiger partial charge in [0.05, 0.1) is 15.7 Å². The normalized spacial score (nSPS) is 10.3. The molecule has 0 atom stereocenters. The van der Waals surface area contributed by atoms with Gasteiger partial charge in [0.25, 0.3) is 5.91 Å².